The third-order valence-electron chi connectivity index (χ3n) is 2.87. The van der Waals surface area contributed by atoms with E-state index in [0.29, 0.717) is 5.65 Å². The molecule has 2 aromatic heterocycles. The Hall–Kier alpha value is -2.24. The molecular weight excluding hydrogens is 233 g/mol. The summed E-state index contributed by atoms with van der Waals surface area (Å²) in [5, 5.41) is 8.68. The van der Waals surface area contributed by atoms with Gasteiger partial charge in [-0.1, -0.05) is 0 Å². The van der Waals surface area contributed by atoms with Gasteiger partial charge in [0.25, 0.3) is 0 Å². The Morgan fingerprint density at radius 3 is 2.56 bits per heavy atom. The van der Waals surface area contributed by atoms with Crippen molar-refractivity contribution >= 4 is 11.3 Å². The molecular formula is C12H12FN5. The summed E-state index contributed by atoms with van der Waals surface area (Å²) in [6.07, 6.45) is 0. The fourth-order valence-corrected chi connectivity index (χ4v) is 1.97. The highest BCUT2D eigenvalue weighted by molar-refractivity contribution is 5.66. The van der Waals surface area contributed by atoms with E-state index >= 15 is 0 Å². The first-order valence-electron chi connectivity index (χ1n) is 5.75. The first-order valence-corrected chi connectivity index (χ1v) is 5.75. The van der Waals surface area contributed by atoms with E-state index < -0.39 is 0 Å². The molecule has 0 fully saturated rings. The van der Waals surface area contributed by atoms with E-state index in [0.717, 1.165) is 23.7 Å². The number of aromatic nitrogens is 5. The van der Waals surface area contributed by atoms with E-state index in [-0.39, 0.29) is 5.82 Å². The number of hydrogen-bond acceptors (Lipinski definition) is 3. The molecule has 0 atom stereocenters. The fourth-order valence-electron chi connectivity index (χ4n) is 1.97. The molecule has 6 heteroatoms. The fraction of sp³-hybridized carbons (Fsp3) is 0.250. The van der Waals surface area contributed by atoms with E-state index in [4.69, 9.17) is 0 Å². The highest BCUT2D eigenvalue weighted by Crippen LogP contribution is 2.14. The van der Waals surface area contributed by atoms with Gasteiger partial charge >= 0.3 is 0 Å². The van der Waals surface area contributed by atoms with Gasteiger partial charge in [0.05, 0.1) is 5.69 Å². The molecule has 0 amide bonds. The summed E-state index contributed by atoms with van der Waals surface area (Å²) < 4.78 is 14.8. The molecule has 3 rings (SSSR count). The number of rotatable bonds is 2. The van der Waals surface area contributed by atoms with Crippen LogP contribution in [0.1, 0.15) is 12.7 Å². The highest BCUT2D eigenvalue weighted by atomic mass is 19.1. The van der Waals surface area contributed by atoms with Crippen LogP contribution in [0.2, 0.25) is 0 Å². The molecule has 18 heavy (non-hydrogen) atoms. The number of aryl methyl sites for hydroxylation is 2. The van der Waals surface area contributed by atoms with Crippen molar-refractivity contribution in [1.82, 2.24) is 24.5 Å². The number of nitrogens with zero attached hydrogens (tertiary/aromatic N) is 5. The summed E-state index contributed by atoms with van der Waals surface area (Å²) in [6.45, 7) is 4.75. The van der Waals surface area contributed by atoms with Crippen LogP contribution in [0.15, 0.2) is 24.3 Å². The topological polar surface area (TPSA) is 48.5 Å². The average molecular weight is 245 g/mol. The second kappa shape index (κ2) is 3.90. The van der Waals surface area contributed by atoms with Crippen LogP contribution in [0.5, 0.6) is 0 Å². The van der Waals surface area contributed by atoms with Gasteiger partial charge in [0.2, 0.25) is 11.3 Å². The van der Waals surface area contributed by atoms with Crippen LogP contribution >= 0.6 is 0 Å². The minimum Gasteiger partial charge on any atom is -0.310 e. The lowest BCUT2D eigenvalue weighted by Crippen LogP contribution is -2.02. The van der Waals surface area contributed by atoms with Crippen LogP contribution in [0.4, 0.5) is 4.39 Å². The third kappa shape index (κ3) is 1.57. The summed E-state index contributed by atoms with van der Waals surface area (Å²) in [6, 6.07) is 6.04. The third-order valence-corrected chi connectivity index (χ3v) is 2.87. The first-order chi connectivity index (χ1) is 8.69. The van der Waals surface area contributed by atoms with Crippen LogP contribution in [0, 0.1) is 12.7 Å². The number of halogens is 1. The second-order valence-corrected chi connectivity index (χ2v) is 4.02. The molecule has 0 radical (unpaired) electrons. The average Bonchev–Trinajstić information content (AvgIpc) is 2.86. The van der Waals surface area contributed by atoms with Gasteiger partial charge in [-0.05, 0) is 38.1 Å². The molecule has 92 valence electrons. The molecule has 0 bridgehead atoms. The number of fused-ring (bicyclic) bond motifs is 1. The Morgan fingerprint density at radius 1 is 1.17 bits per heavy atom. The zero-order valence-corrected chi connectivity index (χ0v) is 10.1. The summed E-state index contributed by atoms with van der Waals surface area (Å²) in [4.78, 5) is 5.82. The first kappa shape index (κ1) is 10.9. The Bertz CT molecular complexity index is 695. The van der Waals surface area contributed by atoms with Crippen molar-refractivity contribution in [3.63, 3.8) is 0 Å². The molecule has 0 saturated heterocycles. The van der Waals surface area contributed by atoms with E-state index in [1.54, 1.807) is 12.1 Å². The van der Waals surface area contributed by atoms with Crippen LogP contribution in [-0.4, -0.2) is 24.5 Å². The van der Waals surface area contributed by atoms with Crippen LogP contribution in [0.3, 0.4) is 0 Å². The van der Waals surface area contributed by atoms with Crippen molar-refractivity contribution in [3.8, 4) is 5.69 Å². The van der Waals surface area contributed by atoms with Gasteiger partial charge < -0.3 is 4.57 Å². The van der Waals surface area contributed by atoms with E-state index in [9.17, 15) is 4.39 Å². The predicted octanol–water partition coefficient (Wildman–Crippen LogP) is 2.08. The number of imidazole rings is 1. The summed E-state index contributed by atoms with van der Waals surface area (Å²) in [5.41, 5.74) is 2.08. The van der Waals surface area contributed by atoms with Gasteiger partial charge in [0.1, 0.15) is 11.6 Å². The van der Waals surface area contributed by atoms with Crippen molar-refractivity contribution in [2.24, 2.45) is 0 Å². The predicted molar refractivity (Wildman–Crippen MR) is 65.0 cm³/mol. The molecule has 0 saturated carbocycles. The molecule has 1 aromatic carbocycles. The zero-order valence-electron chi connectivity index (χ0n) is 10.1. The zero-order chi connectivity index (χ0) is 12.7. The molecule has 5 nitrogen and oxygen atoms in total. The van der Waals surface area contributed by atoms with Gasteiger partial charge in [0, 0.05) is 6.54 Å². The summed E-state index contributed by atoms with van der Waals surface area (Å²) in [5.74, 6) is 0.622. The quantitative estimate of drug-likeness (QED) is 0.694. The van der Waals surface area contributed by atoms with Crippen molar-refractivity contribution in [2.45, 2.75) is 20.4 Å². The smallest absolute Gasteiger partial charge is 0.221 e. The van der Waals surface area contributed by atoms with Crippen molar-refractivity contribution in [2.75, 3.05) is 0 Å². The van der Waals surface area contributed by atoms with E-state index in [1.165, 1.54) is 16.9 Å². The summed E-state index contributed by atoms with van der Waals surface area (Å²) >= 11 is 0. The van der Waals surface area contributed by atoms with Crippen LogP contribution in [-0.2, 0) is 6.54 Å². The second-order valence-electron chi connectivity index (χ2n) is 4.02. The van der Waals surface area contributed by atoms with Crippen LogP contribution < -0.4 is 0 Å². The van der Waals surface area contributed by atoms with Gasteiger partial charge in [-0.2, -0.15) is 0 Å². The van der Waals surface area contributed by atoms with Crippen molar-refractivity contribution < 1.29 is 4.39 Å². The van der Waals surface area contributed by atoms with Crippen molar-refractivity contribution in [1.29, 1.82) is 0 Å². The number of hydrogen-bond donors (Lipinski definition) is 0. The largest absolute Gasteiger partial charge is 0.310 e. The SMILES string of the molecule is CCn1c(C)nc2nn(-c3ccc(F)cc3)nc21. The van der Waals surface area contributed by atoms with Gasteiger partial charge in [0.15, 0.2) is 0 Å². The Morgan fingerprint density at radius 2 is 1.89 bits per heavy atom. The van der Waals surface area contributed by atoms with E-state index in [2.05, 4.69) is 15.2 Å². The minimum absolute atomic E-state index is 0.275. The summed E-state index contributed by atoms with van der Waals surface area (Å²) in [7, 11) is 0. The Labute approximate surface area is 103 Å². The van der Waals surface area contributed by atoms with Gasteiger partial charge in [-0.15, -0.1) is 15.0 Å². The lowest BCUT2D eigenvalue weighted by molar-refractivity contribution is 0.626. The highest BCUT2D eigenvalue weighted by Gasteiger charge is 2.12. The lowest BCUT2D eigenvalue weighted by Gasteiger charge is -2.00. The molecule has 3 aromatic rings. The number of benzene rings is 1. The molecule has 0 N–H and O–H groups in total. The molecule has 0 unspecified atom stereocenters. The molecule has 0 spiro atoms. The maximum atomic E-state index is 12.9. The Balaban J connectivity index is 2.14. The molecule has 0 aliphatic heterocycles. The normalized spacial score (nSPS) is 11.3. The van der Waals surface area contributed by atoms with Gasteiger partial charge in [-0.3, -0.25) is 0 Å². The maximum absolute atomic E-state index is 12.9. The monoisotopic (exact) mass is 245 g/mol. The standard InChI is InChI=1S/C12H12FN5/c1-3-17-8(2)14-11-12(17)16-18(15-11)10-6-4-9(13)5-7-10/h4-7H,3H2,1-2H3. The molecule has 0 aliphatic carbocycles. The molecule has 2 heterocycles. The van der Waals surface area contributed by atoms with Crippen molar-refractivity contribution in [3.05, 3.63) is 35.9 Å². The maximum Gasteiger partial charge on any atom is 0.221 e. The molecule has 0 aliphatic rings. The Kier molecular flexibility index (Phi) is 2.36. The van der Waals surface area contributed by atoms with E-state index in [1.807, 2.05) is 18.4 Å². The lowest BCUT2D eigenvalue weighted by atomic mass is 10.3. The minimum atomic E-state index is -0.275. The van der Waals surface area contributed by atoms with Crippen LogP contribution in [0.25, 0.3) is 17.0 Å². The van der Waals surface area contributed by atoms with Gasteiger partial charge in [-0.25, -0.2) is 9.37 Å².